The van der Waals surface area contributed by atoms with E-state index in [0.29, 0.717) is 16.9 Å². The molecule has 0 atom stereocenters. The fraction of sp³-hybridized carbons (Fsp3) is 0.500. The maximum atomic E-state index is 10.3. The molecule has 1 aromatic carbocycles. The lowest BCUT2D eigenvalue weighted by molar-refractivity contribution is 0.114. The van der Waals surface area contributed by atoms with Gasteiger partial charge in [0.15, 0.2) is 0 Å². The number of nitrogens with one attached hydrogen (secondary N) is 4. The molecule has 0 unspecified atom stereocenters. The van der Waals surface area contributed by atoms with Crippen molar-refractivity contribution < 1.29 is 5.11 Å². The van der Waals surface area contributed by atoms with Gasteiger partial charge in [0.1, 0.15) is 17.4 Å². The summed E-state index contributed by atoms with van der Waals surface area (Å²) in [5.41, 5.74) is 2.02. The molecule has 0 saturated carbocycles. The highest BCUT2D eigenvalue weighted by atomic mass is 16.3. The maximum Gasteiger partial charge on any atom is 0.127 e. The summed E-state index contributed by atoms with van der Waals surface area (Å²) in [4.78, 5) is 9.40. The summed E-state index contributed by atoms with van der Waals surface area (Å²) in [6.45, 7) is 10.6. The minimum Gasteiger partial charge on any atom is -0.507 e. The largest absolute Gasteiger partial charge is 0.507 e. The molecule has 0 bridgehead atoms. The molecule has 1 aliphatic rings. The SMILES string of the molecule is Cc1nc2cc(O)c(C(=N)/C=C\C(=N)N(C)C3CC(C)(C)NC(C)(C)C3)cc2[nH]1. The van der Waals surface area contributed by atoms with Crippen LogP contribution >= 0.6 is 0 Å². The zero-order valence-electron chi connectivity index (χ0n) is 18.1. The van der Waals surface area contributed by atoms with Gasteiger partial charge in [0, 0.05) is 35.8 Å². The number of amidine groups is 1. The summed E-state index contributed by atoms with van der Waals surface area (Å²) >= 11 is 0. The van der Waals surface area contributed by atoms with Crippen LogP contribution in [0.5, 0.6) is 5.75 Å². The number of hydrogen-bond acceptors (Lipinski definition) is 5. The van der Waals surface area contributed by atoms with Crippen LogP contribution in [0.3, 0.4) is 0 Å². The van der Waals surface area contributed by atoms with Gasteiger partial charge in [0.05, 0.1) is 16.7 Å². The zero-order chi connectivity index (χ0) is 21.6. The van der Waals surface area contributed by atoms with Crippen molar-refractivity contribution in [3.63, 3.8) is 0 Å². The molecule has 1 saturated heterocycles. The molecule has 0 amide bonds. The number of H-pyrrole nitrogens is 1. The highest BCUT2D eigenvalue weighted by molar-refractivity contribution is 6.12. The van der Waals surface area contributed by atoms with Gasteiger partial charge in [-0.25, -0.2) is 4.98 Å². The molecule has 156 valence electrons. The van der Waals surface area contributed by atoms with Gasteiger partial charge in [0.25, 0.3) is 0 Å². The molecule has 0 spiro atoms. The van der Waals surface area contributed by atoms with Crippen molar-refractivity contribution in [3.8, 4) is 5.75 Å². The van der Waals surface area contributed by atoms with Gasteiger partial charge in [-0.3, -0.25) is 5.41 Å². The lowest BCUT2D eigenvalue weighted by Crippen LogP contribution is -2.62. The van der Waals surface area contributed by atoms with Crippen molar-refractivity contribution in [3.05, 3.63) is 35.7 Å². The topological polar surface area (TPSA) is 112 Å². The highest BCUT2D eigenvalue weighted by Gasteiger charge is 2.39. The molecule has 7 heteroatoms. The molecule has 0 radical (unpaired) electrons. The smallest absolute Gasteiger partial charge is 0.127 e. The van der Waals surface area contributed by atoms with Gasteiger partial charge >= 0.3 is 0 Å². The Morgan fingerprint density at radius 1 is 1.17 bits per heavy atom. The Hall–Kier alpha value is -2.67. The quantitative estimate of drug-likeness (QED) is 0.400. The Morgan fingerprint density at radius 2 is 1.79 bits per heavy atom. The molecule has 3 rings (SSSR count). The van der Waals surface area contributed by atoms with Crippen molar-refractivity contribution >= 4 is 22.6 Å². The normalized spacial score (nSPS) is 19.0. The molecule has 5 N–H and O–H groups in total. The maximum absolute atomic E-state index is 10.3. The number of benzene rings is 1. The number of aryl methyl sites for hydroxylation is 1. The van der Waals surface area contributed by atoms with Crippen molar-refractivity contribution in [1.82, 2.24) is 20.2 Å². The fourth-order valence-corrected chi connectivity index (χ4v) is 4.50. The average Bonchev–Trinajstić information content (AvgIpc) is 2.94. The van der Waals surface area contributed by atoms with Crippen LogP contribution < -0.4 is 5.32 Å². The Bertz CT molecular complexity index is 969. The number of imidazole rings is 1. The van der Waals surface area contributed by atoms with E-state index in [-0.39, 0.29) is 28.6 Å². The summed E-state index contributed by atoms with van der Waals surface area (Å²) in [5.74, 6) is 1.13. The van der Waals surface area contributed by atoms with E-state index in [4.69, 9.17) is 10.8 Å². The number of allylic oxidation sites excluding steroid dienone is 1. The number of piperidine rings is 1. The third-order valence-corrected chi connectivity index (χ3v) is 5.51. The minimum absolute atomic E-state index is 0.000781. The van der Waals surface area contributed by atoms with Crippen LogP contribution in [0.2, 0.25) is 0 Å². The second-order valence-corrected chi connectivity index (χ2v) is 9.41. The minimum atomic E-state index is 0.000781. The summed E-state index contributed by atoms with van der Waals surface area (Å²) in [5, 5.41) is 30.8. The lowest BCUT2D eigenvalue weighted by Gasteiger charge is -2.49. The molecule has 1 fully saturated rings. The van der Waals surface area contributed by atoms with E-state index < -0.39 is 0 Å². The average molecular weight is 397 g/mol. The van der Waals surface area contributed by atoms with Crippen molar-refractivity contribution in [2.24, 2.45) is 0 Å². The molecule has 1 aromatic heterocycles. The van der Waals surface area contributed by atoms with E-state index in [0.717, 1.165) is 24.2 Å². The predicted octanol–water partition coefficient (Wildman–Crippen LogP) is 3.72. The summed E-state index contributed by atoms with van der Waals surface area (Å²) in [6, 6.07) is 3.53. The molecule has 2 heterocycles. The van der Waals surface area contributed by atoms with E-state index >= 15 is 0 Å². The van der Waals surface area contributed by atoms with E-state index in [2.05, 4.69) is 43.0 Å². The van der Waals surface area contributed by atoms with Crippen LogP contribution in [-0.4, -0.2) is 55.7 Å². The first-order valence-corrected chi connectivity index (χ1v) is 9.94. The second-order valence-electron chi connectivity index (χ2n) is 9.41. The first kappa shape index (κ1) is 21.0. The van der Waals surface area contributed by atoms with Crippen LogP contribution in [0.4, 0.5) is 0 Å². The molecule has 1 aliphatic heterocycles. The van der Waals surface area contributed by atoms with Gasteiger partial charge < -0.3 is 25.7 Å². The highest BCUT2D eigenvalue weighted by Crippen LogP contribution is 2.31. The fourth-order valence-electron chi connectivity index (χ4n) is 4.50. The van der Waals surface area contributed by atoms with E-state index in [1.165, 1.54) is 0 Å². The van der Waals surface area contributed by atoms with Crippen LogP contribution in [0, 0.1) is 17.7 Å². The second kappa shape index (κ2) is 7.30. The number of aromatic hydroxyl groups is 1. The Labute approximate surface area is 172 Å². The van der Waals surface area contributed by atoms with E-state index in [1.54, 1.807) is 24.3 Å². The first-order chi connectivity index (χ1) is 13.4. The number of nitrogens with zero attached hydrogens (tertiary/aromatic N) is 2. The molecule has 2 aromatic rings. The molecule has 0 aliphatic carbocycles. The third-order valence-electron chi connectivity index (χ3n) is 5.51. The summed E-state index contributed by atoms with van der Waals surface area (Å²) in [7, 11) is 1.94. The molecule has 29 heavy (non-hydrogen) atoms. The van der Waals surface area contributed by atoms with Gasteiger partial charge in [-0.2, -0.15) is 0 Å². The number of likely N-dealkylation sites (N-methyl/N-ethyl adjacent to an activating group) is 1. The number of fused-ring (bicyclic) bond motifs is 1. The van der Waals surface area contributed by atoms with Gasteiger partial charge in [0.2, 0.25) is 0 Å². The number of phenols is 1. The number of phenolic OH excluding ortho intramolecular Hbond substituents is 1. The Kier molecular flexibility index (Phi) is 5.30. The first-order valence-electron chi connectivity index (χ1n) is 9.94. The number of aromatic amines is 1. The Balaban J connectivity index is 1.74. The standard InChI is InChI=1S/C22H32N6O/c1-13-25-17-9-15(19(29)10-18(17)26-13)16(23)7-8-20(24)28(6)14-11-21(2,3)27-22(4,5)12-14/h7-10,14,23-24,27,29H,11-12H2,1-6H3,(H,25,26)/b8-7-,23-16?,24-20?. The van der Waals surface area contributed by atoms with Crippen LogP contribution in [0.15, 0.2) is 24.3 Å². The molecular formula is C22H32N6O. The van der Waals surface area contributed by atoms with Gasteiger partial charge in [-0.15, -0.1) is 0 Å². The number of hydrogen-bond donors (Lipinski definition) is 5. The zero-order valence-corrected chi connectivity index (χ0v) is 18.1. The van der Waals surface area contributed by atoms with Crippen LogP contribution in [0.25, 0.3) is 11.0 Å². The number of aromatic nitrogens is 2. The number of rotatable bonds is 4. The monoisotopic (exact) mass is 396 g/mol. The third kappa shape index (κ3) is 4.67. The van der Waals surface area contributed by atoms with E-state index in [1.807, 2.05) is 18.9 Å². The van der Waals surface area contributed by atoms with E-state index in [9.17, 15) is 5.11 Å². The van der Waals surface area contributed by atoms with Crippen LogP contribution in [-0.2, 0) is 0 Å². The summed E-state index contributed by atoms with van der Waals surface area (Å²) in [6.07, 6.45) is 5.08. The van der Waals surface area contributed by atoms with Crippen molar-refractivity contribution in [2.45, 2.75) is 64.6 Å². The van der Waals surface area contributed by atoms with Crippen molar-refractivity contribution in [2.75, 3.05) is 7.05 Å². The summed E-state index contributed by atoms with van der Waals surface area (Å²) < 4.78 is 0. The van der Waals surface area contributed by atoms with Crippen molar-refractivity contribution in [1.29, 1.82) is 10.8 Å². The van der Waals surface area contributed by atoms with Gasteiger partial charge in [-0.1, -0.05) is 0 Å². The predicted molar refractivity (Wildman–Crippen MR) is 118 cm³/mol. The lowest BCUT2D eigenvalue weighted by atomic mass is 9.79. The molecule has 7 nitrogen and oxygen atoms in total. The molecular weight excluding hydrogens is 364 g/mol. The van der Waals surface area contributed by atoms with Crippen LogP contribution in [0.1, 0.15) is 51.9 Å². The van der Waals surface area contributed by atoms with Gasteiger partial charge in [-0.05, 0) is 65.7 Å². The Morgan fingerprint density at radius 3 is 2.41 bits per heavy atom.